The van der Waals surface area contributed by atoms with Crippen molar-refractivity contribution in [2.75, 3.05) is 11.9 Å². The van der Waals surface area contributed by atoms with Gasteiger partial charge in [0.1, 0.15) is 0 Å². The molecule has 3 aromatic carbocycles. The zero-order valence-electron chi connectivity index (χ0n) is 14.6. The Morgan fingerprint density at radius 1 is 0.926 bits per heavy atom. The number of nitrogens with one attached hydrogen (secondary N) is 2. The average molecular weight is 377 g/mol. The van der Waals surface area contributed by atoms with Crippen LogP contribution in [0.2, 0.25) is 0 Å². The van der Waals surface area contributed by atoms with Crippen LogP contribution in [0.25, 0.3) is 11.1 Å². The lowest BCUT2D eigenvalue weighted by molar-refractivity contribution is -0.384. The van der Waals surface area contributed by atoms with Crippen LogP contribution in [0.3, 0.4) is 0 Å². The number of anilines is 1. The minimum atomic E-state index is -0.368. The number of hydrogen-bond acceptors (Lipinski definition) is 3. The smallest absolute Gasteiger partial charge is 0.277 e. The standard InChI is InChI=1S/C21H19N3O2S/c25-24(26)20-9-5-4-8-19(20)17-10-12-18(13-11-17)23-21(27)22-15-14-16-6-2-1-3-7-16/h1-13H,14-15H2,(H2,22,23,27). The van der Waals surface area contributed by atoms with E-state index >= 15 is 0 Å². The van der Waals surface area contributed by atoms with Crippen LogP contribution >= 0.6 is 12.2 Å². The third-order valence-corrected chi connectivity index (χ3v) is 4.34. The molecular weight excluding hydrogens is 358 g/mol. The van der Waals surface area contributed by atoms with Crippen molar-refractivity contribution < 1.29 is 4.92 Å². The molecule has 0 amide bonds. The van der Waals surface area contributed by atoms with Gasteiger partial charge in [-0.2, -0.15) is 0 Å². The molecule has 27 heavy (non-hydrogen) atoms. The first-order valence-corrected chi connectivity index (χ1v) is 8.97. The molecule has 6 heteroatoms. The van der Waals surface area contributed by atoms with Crippen LogP contribution in [0, 0.1) is 10.1 Å². The third-order valence-electron chi connectivity index (χ3n) is 4.10. The zero-order valence-corrected chi connectivity index (χ0v) is 15.4. The summed E-state index contributed by atoms with van der Waals surface area (Å²) >= 11 is 5.32. The molecule has 0 radical (unpaired) electrons. The van der Waals surface area contributed by atoms with Gasteiger partial charge in [0, 0.05) is 18.3 Å². The maximum atomic E-state index is 11.2. The molecular formula is C21H19N3O2S. The van der Waals surface area contributed by atoms with Crippen LogP contribution < -0.4 is 10.6 Å². The van der Waals surface area contributed by atoms with Gasteiger partial charge in [0.25, 0.3) is 5.69 Å². The van der Waals surface area contributed by atoms with Crippen molar-refractivity contribution in [1.82, 2.24) is 5.32 Å². The fourth-order valence-corrected chi connectivity index (χ4v) is 2.97. The van der Waals surface area contributed by atoms with E-state index in [0.29, 0.717) is 10.7 Å². The predicted octanol–water partition coefficient (Wildman–Crippen LogP) is 4.79. The normalized spacial score (nSPS) is 10.2. The van der Waals surface area contributed by atoms with E-state index in [1.165, 1.54) is 11.6 Å². The summed E-state index contributed by atoms with van der Waals surface area (Å²) in [7, 11) is 0. The van der Waals surface area contributed by atoms with E-state index in [1.54, 1.807) is 18.2 Å². The van der Waals surface area contributed by atoms with Gasteiger partial charge in [0.05, 0.1) is 10.5 Å². The molecule has 0 fully saturated rings. The Bertz CT molecular complexity index is 928. The van der Waals surface area contributed by atoms with Crippen molar-refractivity contribution in [3.8, 4) is 11.1 Å². The molecule has 0 heterocycles. The second-order valence-corrected chi connectivity index (χ2v) is 6.38. The molecule has 0 atom stereocenters. The molecule has 0 aliphatic carbocycles. The molecule has 0 aliphatic heterocycles. The van der Waals surface area contributed by atoms with E-state index in [1.807, 2.05) is 42.5 Å². The Labute approximate surface area is 163 Å². The predicted molar refractivity (Wildman–Crippen MR) is 113 cm³/mol. The monoisotopic (exact) mass is 377 g/mol. The number of nitrogens with zero attached hydrogens (tertiary/aromatic N) is 1. The quantitative estimate of drug-likeness (QED) is 0.367. The molecule has 0 bridgehead atoms. The van der Waals surface area contributed by atoms with Gasteiger partial charge in [-0.05, 0) is 48.0 Å². The van der Waals surface area contributed by atoms with Gasteiger partial charge in [-0.25, -0.2) is 0 Å². The SMILES string of the molecule is O=[N+]([O-])c1ccccc1-c1ccc(NC(=S)NCCc2ccccc2)cc1. The lowest BCUT2D eigenvalue weighted by Crippen LogP contribution is -2.30. The number of hydrogen-bond donors (Lipinski definition) is 2. The Kier molecular flexibility index (Phi) is 6.12. The van der Waals surface area contributed by atoms with Crippen LogP contribution in [0.1, 0.15) is 5.56 Å². The minimum absolute atomic E-state index is 0.0938. The van der Waals surface area contributed by atoms with Crippen molar-refractivity contribution in [3.05, 3.63) is 94.5 Å². The summed E-state index contributed by atoms with van der Waals surface area (Å²) in [5.74, 6) is 0. The summed E-state index contributed by atoms with van der Waals surface area (Å²) in [6.45, 7) is 0.740. The van der Waals surface area contributed by atoms with Gasteiger partial charge < -0.3 is 10.6 Å². The summed E-state index contributed by atoms with van der Waals surface area (Å²) < 4.78 is 0. The molecule has 3 rings (SSSR count). The van der Waals surface area contributed by atoms with E-state index in [4.69, 9.17) is 12.2 Å². The molecule has 3 aromatic rings. The van der Waals surface area contributed by atoms with Gasteiger partial charge in [0.15, 0.2) is 5.11 Å². The highest BCUT2D eigenvalue weighted by Crippen LogP contribution is 2.30. The Morgan fingerprint density at radius 3 is 2.30 bits per heavy atom. The van der Waals surface area contributed by atoms with Crippen molar-refractivity contribution in [1.29, 1.82) is 0 Å². The molecule has 2 N–H and O–H groups in total. The van der Waals surface area contributed by atoms with Gasteiger partial charge in [-0.3, -0.25) is 10.1 Å². The van der Waals surface area contributed by atoms with E-state index in [9.17, 15) is 10.1 Å². The summed E-state index contributed by atoms with van der Waals surface area (Å²) in [4.78, 5) is 10.8. The molecule has 136 valence electrons. The van der Waals surface area contributed by atoms with Crippen LogP contribution in [0.15, 0.2) is 78.9 Å². The number of rotatable bonds is 6. The highest BCUT2D eigenvalue weighted by molar-refractivity contribution is 7.80. The number of benzene rings is 3. The summed E-state index contributed by atoms with van der Waals surface area (Å²) in [5.41, 5.74) is 3.56. The van der Waals surface area contributed by atoms with Crippen molar-refractivity contribution in [2.45, 2.75) is 6.42 Å². The topological polar surface area (TPSA) is 67.2 Å². The molecule has 0 spiro atoms. The highest BCUT2D eigenvalue weighted by atomic mass is 32.1. The summed E-state index contributed by atoms with van der Waals surface area (Å²) in [5, 5.41) is 18.0. The van der Waals surface area contributed by atoms with Gasteiger partial charge in [-0.1, -0.05) is 54.6 Å². The third kappa shape index (κ3) is 5.12. The van der Waals surface area contributed by atoms with Crippen LogP contribution in [-0.2, 0) is 6.42 Å². The second kappa shape index (κ2) is 8.91. The largest absolute Gasteiger partial charge is 0.362 e. The Balaban J connectivity index is 1.58. The first kappa shape index (κ1) is 18.5. The van der Waals surface area contributed by atoms with Crippen molar-refractivity contribution in [3.63, 3.8) is 0 Å². The number of nitro benzene ring substituents is 1. The minimum Gasteiger partial charge on any atom is -0.362 e. The van der Waals surface area contributed by atoms with Crippen LogP contribution in [0.4, 0.5) is 11.4 Å². The molecule has 0 unspecified atom stereocenters. The van der Waals surface area contributed by atoms with E-state index in [0.717, 1.165) is 24.2 Å². The lowest BCUT2D eigenvalue weighted by Gasteiger charge is -2.11. The highest BCUT2D eigenvalue weighted by Gasteiger charge is 2.13. The average Bonchev–Trinajstić information content (AvgIpc) is 2.69. The first-order valence-electron chi connectivity index (χ1n) is 8.56. The van der Waals surface area contributed by atoms with Gasteiger partial charge in [-0.15, -0.1) is 0 Å². The second-order valence-electron chi connectivity index (χ2n) is 5.97. The van der Waals surface area contributed by atoms with E-state index < -0.39 is 0 Å². The Hall–Kier alpha value is -3.25. The maximum absolute atomic E-state index is 11.2. The fraction of sp³-hybridized carbons (Fsp3) is 0.0952. The lowest BCUT2D eigenvalue weighted by atomic mass is 10.0. The number of thiocarbonyl (C=S) groups is 1. The zero-order chi connectivity index (χ0) is 19.1. The molecule has 5 nitrogen and oxygen atoms in total. The van der Waals surface area contributed by atoms with Crippen LogP contribution in [0.5, 0.6) is 0 Å². The fourth-order valence-electron chi connectivity index (χ4n) is 2.75. The summed E-state index contributed by atoms with van der Waals surface area (Å²) in [6, 6.07) is 24.3. The molecule has 0 saturated carbocycles. The molecule has 0 aromatic heterocycles. The Morgan fingerprint density at radius 2 is 1.59 bits per heavy atom. The first-order chi connectivity index (χ1) is 13.1. The molecule has 0 aliphatic rings. The van der Waals surface area contributed by atoms with Crippen LogP contribution in [-0.4, -0.2) is 16.6 Å². The maximum Gasteiger partial charge on any atom is 0.277 e. The summed E-state index contributed by atoms with van der Waals surface area (Å²) in [6.07, 6.45) is 0.888. The van der Waals surface area contributed by atoms with Gasteiger partial charge >= 0.3 is 0 Å². The van der Waals surface area contributed by atoms with Crippen molar-refractivity contribution >= 4 is 28.7 Å². The van der Waals surface area contributed by atoms with E-state index in [-0.39, 0.29) is 10.6 Å². The van der Waals surface area contributed by atoms with E-state index in [2.05, 4.69) is 22.8 Å². The number of nitro groups is 1. The van der Waals surface area contributed by atoms with Crippen molar-refractivity contribution in [2.24, 2.45) is 0 Å². The number of para-hydroxylation sites is 1. The molecule has 0 saturated heterocycles. The van der Waals surface area contributed by atoms with Gasteiger partial charge in [0.2, 0.25) is 0 Å².